The minimum Gasteiger partial charge on any atom is -0.491 e. The van der Waals surface area contributed by atoms with E-state index in [1.807, 2.05) is 17.8 Å². The predicted octanol–water partition coefficient (Wildman–Crippen LogP) is 3.53. The number of hydrogen-bond acceptors (Lipinski definition) is 5. The number of alkyl halides is 3. The van der Waals surface area contributed by atoms with Gasteiger partial charge in [0, 0.05) is 56.1 Å². The monoisotopic (exact) mass is 501 g/mol. The quantitative estimate of drug-likeness (QED) is 0.382. The van der Waals surface area contributed by atoms with Crippen LogP contribution in [0.15, 0.2) is 42.9 Å². The highest BCUT2D eigenvalue weighted by atomic mass is 19.4. The van der Waals surface area contributed by atoms with Gasteiger partial charge in [0.2, 0.25) is 0 Å². The van der Waals surface area contributed by atoms with Gasteiger partial charge in [-0.1, -0.05) is 5.92 Å². The largest absolute Gasteiger partial charge is 0.491 e. The summed E-state index contributed by atoms with van der Waals surface area (Å²) in [4.78, 5) is 20.9. The molecule has 1 aliphatic rings. The van der Waals surface area contributed by atoms with E-state index >= 15 is 0 Å². The predicted molar refractivity (Wildman–Crippen MR) is 127 cm³/mol. The molecular weight excluding hydrogens is 475 g/mol. The number of imidazole rings is 1. The Morgan fingerprint density at radius 2 is 2.08 bits per heavy atom. The maximum Gasteiger partial charge on any atom is 0.432 e. The summed E-state index contributed by atoms with van der Waals surface area (Å²) in [5, 5.41) is 2.69. The van der Waals surface area contributed by atoms with Gasteiger partial charge in [0.05, 0.1) is 31.7 Å². The number of rotatable bonds is 7. The minimum absolute atomic E-state index is 0.0204. The van der Waals surface area contributed by atoms with Crippen molar-refractivity contribution >= 4 is 11.6 Å². The molecule has 2 N–H and O–H groups in total. The Morgan fingerprint density at radius 3 is 2.78 bits per heavy atom. The second kappa shape index (κ2) is 11.3. The molecule has 190 valence electrons. The van der Waals surface area contributed by atoms with Crippen LogP contribution in [0.2, 0.25) is 0 Å². The molecule has 0 spiro atoms. The minimum atomic E-state index is -4.54. The molecule has 1 amide bonds. The van der Waals surface area contributed by atoms with Crippen LogP contribution in [0.5, 0.6) is 5.75 Å². The zero-order valence-electron chi connectivity index (χ0n) is 19.7. The molecule has 1 fully saturated rings. The van der Waals surface area contributed by atoms with E-state index in [0.717, 1.165) is 32.3 Å². The number of aryl methyl sites for hydroxylation is 1. The van der Waals surface area contributed by atoms with Crippen molar-refractivity contribution in [1.29, 1.82) is 0 Å². The lowest BCUT2D eigenvalue weighted by Crippen LogP contribution is -2.37. The Balaban J connectivity index is 1.49. The van der Waals surface area contributed by atoms with Gasteiger partial charge < -0.3 is 24.3 Å². The van der Waals surface area contributed by atoms with Gasteiger partial charge in [-0.05, 0) is 30.7 Å². The van der Waals surface area contributed by atoms with E-state index in [0.29, 0.717) is 36.7 Å². The summed E-state index contributed by atoms with van der Waals surface area (Å²) in [6.07, 6.45) is 0.537. The average Bonchev–Trinajstić information content (AvgIpc) is 3.51. The van der Waals surface area contributed by atoms with Gasteiger partial charge in [0.25, 0.3) is 0 Å². The first-order valence-electron chi connectivity index (χ1n) is 11.4. The topological polar surface area (TPSA) is 84.4 Å². The van der Waals surface area contributed by atoms with Crippen LogP contribution in [-0.4, -0.2) is 64.8 Å². The maximum absolute atomic E-state index is 13.0. The molecular formula is C25H26F3N5O3. The molecule has 0 unspecified atom stereocenters. The third-order valence-electron chi connectivity index (χ3n) is 5.51. The van der Waals surface area contributed by atoms with Crippen molar-refractivity contribution in [1.82, 2.24) is 19.4 Å². The SMILES string of the molecule is Cn1ccc(C#CC(=O)Nc2cc(-c3ncc(C(F)(F)F)[nH]3)ccc2OCCCN2CCOCC2)c1. The number of benzene rings is 1. The highest BCUT2D eigenvalue weighted by Gasteiger charge is 2.33. The number of morpholine rings is 1. The molecule has 0 bridgehead atoms. The molecule has 1 saturated heterocycles. The number of nitrogens with one attached hydrogen (secondary N) is 2. The number of nitrogens with zero attached hydrogens (tertiary/aromatic N) is 3. The zero-order valence-corrected chi connectivity index (χ0v) is 19.7. The third kappa shape index (κ3) is 6.90. The van der Waals surface area contributed by atoms with Gasteiger partial charge in [-0.15, -0.1) is 0 Å². The molecule has 0 aliphatic carbocycles. The number of anilines is 1. The number of carbonyl (C=O) groups is 1. The van der Waals surface area contributed by atoms with Crippen molar-refractivity contribution in [2.75, 3.05) is 44.8 Å². The smallest absolute Gasteiger partial charge is 0.432 e. The maximum atomic E-state index is 13.0. The van der Waals surface area contributed by atoms with Crippen LogP contribution in [0.3, 0.4) is 0 Å². The lowest BCUT2D eigenvalue weighted by atomic mass is 10.1. The van der Waals surface area contributed by atoms with Crippen molar-refractivity contribution in [3.63, 3.8) is 0 Å². The Labute approximate surface area is 206 Å². The molecule has 8 nitrogen and oxygen atoms in total. The number of aromatic nitrogens is 3. The van der Waals surface area contributed by atoms with Crippen LogP contribution in [0, 0.1) is 11.8 Å². The number of amides is 1. The summed E-state index contributed by atoms with van der Waals surface area (Å²) in [5.74, 6) is 5.13. The number of hydrogen-bond donors (Lipinski definition) is 2. The molecule has 3 aromatic rings. The molecule has 11 heteroatoms. The fourth-order valence-electron chi connectivity index (χ4n) is 3.67. The molecule has 0 radical (unpaired) electrons. The molecule has 0 saturated carbocycles. The van der Waals surface area contributed by atoms with E-state index in [1.54, 1.807) is 24.4 Å². The normalized spacial score (nSPS) is 14.2. The summed E-state index contributed by atoms with van der Waals surface area (Å²) >= 11 is 0. The number of H-pyrrole nitrogens is 1. The lowest BCUT2D eigenvalue weighted by molar-refractivity contribution is -0.140. The first kappa shape index (κ1) is 25.3. The van der Waals surface area contributed by atoms with Gasteiger partial charge >= 0.3 is 12.1 Å². The number of ether oxygens (including phenoxy) is 2. The fraction of sp³-hybridized carbons (Fsp3) is 0.360. The van der Waals surface area contributed by atoms with Crippen molar-refractivity contribution in [3.8, 4) is 29.0 Å². The van der Waals surface area contributed by atoms with Crippen molar-refractivity contribution < 1.29 is 27.4 Å². The third-order valence-corrected chi connectivity index (χ3v) is 5.51. The van der Waals surface area contributed by atoms with Crippen LogP contribution in [0.25, 0.3) is 11.4 Å². The van der Waals surface area contributed by atoms with Gasteiger partial charge in [-0.3, -0.25) is 9.69 Å². The van der Waals surface area contributed by atoms with Gasteiger partial charge in [-0.2, -0.15) is 13.2 Å². The highest BCUT2D eigenvalue weighted by Crippen LogP contribution is 2.33. The molecule has 2 aromatic heterocycles. The van der Waals surface area contributed by atoms with E-state index in [-0.39, 0.29) is 11.5 Å². The van der Waals surface area contributed by atoms with Gasteiger partial charge in [-0.25, -0.2) is 4.98 Å². The standard InChI is InChI=1S/C25H26F3N5O3/c1-32-9-7-18(17-32)3-6-23(34)30-20-15-19(24-29-16-22(31-24)25(26,27)28)4-5-21(20)36-12-2-8-33-10-13-35-14-11-33/h4-5,7,9,15-17H,2,8,10-14H2,1H3,(H,29,31)(H,30,34). The Morgan fingerprint density at radius 1 is 1.28 bits per heavy atom. The Bertz CT molecular complexity index is 1250. The van der Waals surface area contributed by atoms with Gasteiger partial charge in [0.15, 0.2) is 0 Å². The van der Waals surface area contributed by atoms with E-state index < -0.39 is 17.8 Å². The number of aromatic amines is 1. The molecule has 3 heterocycles. The van der Waals surface area contributed by atoms with Crippen LogP contribution in [0.1, 0.15) is 17.7 Å². The molecule has 0 atom stereocenters. The van der Waals surface area contributed by atoms with Gasteiger partial charge in [0.1, 0.15) is 17.3 Å². The second-order valence-corrected chi connectivity index (χ2v) is 8.28. The van der Waals surface area contributed by atoms with E-state index in [2.05, 4.69) is 32.0 Å². The van der Waals surface area contributed by atoms with Crippen LogP contribution < -0.4 is 10.1 Å². The lowest BCUT2D eigenvalue weighted by Gasteiger charge is -2.26. The molecule has 4 rings (SSSR count). The summed E-state index contributed by atoms with van der Waals surface area (Å²) in [7, 11) is 1.85. The molecule has 1 aromatic carbocycles. The molecule has 1 aliphatic heterocycles. The zero-order chi connectivity index (χ0) is 25.5. The Kier molecular flexibility index (Phi) is 7.97. The van der Waals surface area contributed by atoms with Crippen LogP contribution in [0.4, 0.5) is 18.9 Å². The fourth-order valence-corrected chi connectivity index (χ4v) is 3.67. The second-order valence-electron chi connectivity index (χ2n) is 8.28. The van der Waals surface area contributed by atoms with E-state index in [1.165, 1.54) is 6.07 Å². The summed E-state index contributed by atoms with van der Waals surface area (Å²) < 4.78 is 52.0. The summed E-state index contributed by atoms with van der Waals surface area (Å²) in [6.45, 7) is 4.42. The summed E-state index contributed by atoms with van der Waals surface area (Å²) in [5.41, 5.74) is 0.366. The first-order valence-corrected chi connectivity index (χ1v) is 11.4. The van der Waals surface area contributed by atoms with Crippen LogP contribution in [-0.2, 0) is 22.8 Å². The summed E-state index contributed by atoms with van der Waals surface area (Å²) in [6, 6.07) is 6.47. The van der Waals surface area contributed by atoms with E-state index in [4.69, 9.17) is 9.47 Å². The van der Waals surface area contributed by atoms with Crippen molar-refractivity contribution in [3.05, 3.63) is 54.1 Å². The molecule has 36 heavy (non-hydrogen) atoms. The average molecular weight is 502 g/mol. The Hall–Kier alpha value is -3.75. The van der Waals surface area contributed by atoms with Crippen molar-refractivity contribution in [2.24, 2.45) is 7.05 Å². The van der Waals surface area contributed by atoms with E-state index in [9.17, 15) is 18.0 Å². The number of carbonyl (C=O) groups excluding carboxylic acids is 1. The first-order chi connectivity index (χ1) is 17.3. The number of halogens is 3. The van der Waals surface area contributed by atoms with Crippen molar-refractivity contribution in [2.45, 2.75) is 12.6 Å². The highest BCUT2D eigenvalue weighted by molar-refractivity contribution is 6.05. The van der Waals surface area contributed by atoms with Crippen LogP contribution >= 0.6 is 0 Å².